The predicted octanol–water partition coefficient (Wildman–Crippen LogP) is 2.31. The van der Waals surface area contributed by atoms with Crippen molar-refractivity contribution in [2.45, 2.75) is 12.7 Å². The van der Waals surface area contributed by atoms with Gasteiger partial charge in [-0.05, 0) is 17.7 Å². The molecule has 1 unspecified atom stereocenters. The van der Waals surface area contributed by atoms with Gasteiger partial charge in [-0.2, -0.15) is 8.78 Å². The van der Waals surface area contributed by atoms with Gasteiger partial charge in [-0.25, -0.2) is 0 Å². The summed E-state index contributed by atoms with van der Waals surface area (Å²) in [5.74, 6) is -1.05. The quantitative estimate of drug-likeness (QED) is 0.851. The zero-order valence-electron chi connectivity index (χ0n) is 15.0. The highest BCUT2D eigenvalue weighted by atomic mass is 19.3. The van der Waals surface area contributed by atoms with Crippen LogP contribution in [0.3, 0.4) is 0 Å². The van der Waals surface area contributed by atoms with Crippen LogP contribution in [0, 0.1) is 0 Å². The molecule has 1 aliphatic heterocycles. The number of aliphatic hydroxyl groups excluding tert-OH is 1. The summed E-state index contributed by atoms with van der Waals surface area (Å²) >= 11 is 0. The molecule has 1 aliphatic rings. The molecule has 1 atom stereocenters. The number of nitrogens with zero attached hydrogens (tertiary/aromatic N) is 2. The number of hydrogen-bond acceptors (Lipinski definition) is 4. The van der Waals surface area contributed by atoms with Crippen molar-refractivity contribution in [3.8, 4) is 5.75 Å². The van der Waals surface area contributed by atoms with E-state index in [4.69, 9.17) is 0 Å². The minimum Gasteiger partial charge on any atom is -0.434 e. The zero-order valence-corrected chi connectivity index (χ0v) is 15.0. The Balaban J connectivity index is 1.62. The number of rotatable bonds is 5. The van der Waals surface area contributed by atoms with Crippen LogP contribution >= 0.6 is 0 Å². The predicted molar refractivity (Wildman–Crippen MR) is 97.0 cm³/mol. The molecular formula is C20H20F2N2O4. The Morgan fingerprint density at radius 3 is 2.11 bits per heavy atom. The number of alkyl halides is 2. The molecule has 1 N–H and O–H groups in total. The van der Waals surface area contributed by atoms with Crippen molar-refractivity contribution in [1.29, 1.82) is 0 Å². The molecule has 6 nitrogen and oxygen atoms in total. The highest BCUT2D eigenvalue weighted by molar-refractivity contribution is 5.97. The molecule has 28 heavy (non-hydrogen) atoms. The third kappa shape index (κ3) is 4.45. The van der Waals surface area contributed by atoms with Crippen LogP contribution in [0.5, 0.6) is 5.75 Å². The Morgan fingerprint density at radius 1 is 0.893 bits per heavy atom. The molecule has 2 aromatic rings. The van der Waals surface area contributed by atoms with E-state index in [0.717, 1.165) is 0 Å². The number of ether oxygens (including phenoxy) is 1. The van der Waals surface area contributed by atoms with Gasteiger partial charge in [0.15, 0.2) is 6.10 Å². The summed E-state index contributed by atoms with van der Waals surface area (Å²) in [6.07, 6.45) is -1.26. The molecule has 148 valence electrons. The molecule has 0 radical (unpaired) electrons. The van der Waals surface area contributed by atoms with Crippen molar-refractivity contribution in [3.63, 3.8) is 0 Å². The summed E-state index contributed by atoms with van der Waals surface area (Å²) in [6.45, 7) is -2.08. The fourth-order valence-electron chi connectivity index (χ4n) is 3.09. The number of halogens is 2. The molecule has 2 aromatic carbocycles. The molecule has 1 heterocycles. The van der Waals surface area contributed by atoms with E-state index in [1.54, 1.807) is 36.4 Å². The fourth-order valence-corrected chi connectivity index (χ4v) is 3.09. The summed E-state index contributed by atoms with van der Waals surface area (Å²) < 4.78 is 29.5. The summed E-state index contributed by atoms with van der Waals surface area (Å²) in [5, 5.41) is 10.3. The Hall–Kier alpha value is -3.00. The Kier molecular flexibility index (Phi) is 6.20. The molecule has 1 fully saturated rings. The van der Waals surface area contributed by atoms with E-state index in [2.05, 4.69) is 4.74 Å². The molecule has 8 heteroatoms. The van der Waals surface area contributed by atoms with Crippen molar-refractivity contribution < 1.29 is 28.2 Å². The van der Waals surface area contributed by atoms with E-state index >= 15 is 0 Å². The van der Waals surface area contributed by atoms with Gasteiger partial charge in [0.05, 0.1) is 5.56 Å². The van der Waals surface area contributed by atoms with Crippen molar-refractivity contribution in [3.05, 3.63) is 65.7 Å². The van der Waals surface area contributed by atoms with Gasteiger partial charge in [-0.15, -0.1) is 0 Å². The van der Waals surface area contributed by atoms with Gasteiger partial charge in [0, 0.05) is 26.2 Å². The maximum Gasteiger partial charge on any atom is 0.387 e. The highest BCUT2D eigenvalue weighted by Crippen LogP contribution is 2.23. The maximum absolute atomic E-state index is 12.7. The number of hydrogen-bond donors (Lipinski definition) is 1. The van der Waals surface area contributed by atoms with Crippen LogP contribution in [0.4, 0.5) is 8.78 Å². The number of benzene rings is 2. The van der Waals surface area contributed by atoms with E-state index in [-0.39, 0.29) is 37.5 Å². The Bertz CT molecular complexity index is 824. The average Bonchev–Trinajstić information content (AvgIpc) is 2.73. The molecule has 2 amide bonds. The highest BCUT2D eigenvalue weighted by Gasteiger charge is 2.30. The summed E-state index contributed by atoms with van der Waals surface area (Å²) in [7, 11) is 0. The number of carbonyl (C=O) groups excluding carboxylic acids is 2. The van der Waals surface area contributed by atoms with Gasteiger partial charge in [-0.3, -0.25) is 9.59 Å². The molecule has 0 spiro atoms. The standard InChI is InChI=1S/C20H20F2N2O4/c21-20(22)28-16-9-5-4-8-15(16)18(26)23-10-12-24(13-11-23)19(27)17(25)14-6-2-1-3-7-14/h1-9,17,20,25H,10-13H2. The van der Waals surface area contributed by atoms with E-state index < -0.39 is 24.5 Å². The third-order valence-electron chi connectivity index (χ3n) is 4.56. The van der Waals surface area contributed by atoms with E-state index in [0.29, 0.717) is 5.56 Å². The van der Waals surface area contributed by atoms with E-state index in [1.807, 2.05) is 0 Å². The van der Waals surface area contributed by atoms with E-state index in [1.165, 1.54) is 28.0 Å². The SMILES string of the molecule is O=C(c1ccccc1OC(F)F)N1CCN(C(=O)C(O)c2ccccc2)CC1. The summed E-state index contributed by atoms with van der Waals surface area (Å²) in [6, 6.07) is 14.4. The summed E-state index contributed by atoms with van der Waals surface area (Å²) in [4.78, 5) is 28.1. The molecule has 0 saturated carbocycles. The van der Waals surface area contributed by atoms with Gasteiger partial charge in [0.25, 0.3) is 11.8 Å². The number of amides is 2. The lowest BCUT2D eigenvalue weighted by atomic mass is 10.1. The second-order valence-corrected chi connectivity index (χ2v) is 6.31. The lowest BCUT2D eigenvalue weighted by Gasteiger charge is -2.36. The third-order valence-corrected chi connectivity index (χ3v) is 4.56. The van der Waals surface area contributed by atoms with Crippen LogP contribution < -0.4 is 4.74 Å². The topological polar surface area (TPSA) is 70.1 Å². The molecular weight excluding hydrogens is 370 g/mol. The second kappa shape index (κ2) is 8.79. The lowest BCUT2D eigenvalue weighted by molar-refractivity contribution is -0.142. The lowest BCUT2D eigenvalue weighted by Crippen LogP contribution is -2.51. The van der Waals surface area contributed by atoms with Gasteiger partial charge in [0.1, 0.15) is 5.75 Å². The first-order valence-corrected chi connectivity index (χ1v) is 8.82. The Morgan fingerprint density at radius 2 is 1.46 bits per heavy atom. The van der Waals surface area contributed by atoms with Gasteiger partial charge >= 0.3 is 6.61 Å². The maximum atomic E-state index is 12.7. The first-order valence-electron chi connectivity index (χ1n) is 8.82. The minimum atomic E-state index is -3.03. The van der Waals surface area contributed by atoms with Crippen molar-refractivity contribution >= 4 is 11.8 Å². The molecule has 0 aliphatic carbocycles. The number of carbonyl (C=O) groups is 2. The monoisotopic (exact) mass is 390 g/mol. The molecule has 0 aromatic heterocycles. The van der Waals surface area contributed by atoms with Crippen molar-refractivity contribution in [2.24, 2.45) is 0 Å². The van der Waals surface area contributed by atoms with Crippen molar-refractivity contribution in [1.82, 2.24) is 9.80 Å². The average molecular weight is 390 g/mol. The number of piperazine rings is 1. The van der Waals surface area contributed by atoms with Crippen LogP contribution in [0.1, 0.15) is 22.0 Å². The van der Waals surface area contributed by atoms with Crippen LogP contribution in [-0.2, 0) is 4.79 Å². The van der Waals surface area contributed by atoms with Crippen LogP contribution in [0.2, 0.25) is 0 Å². The largest absolute Gasteiger partial charge is 0.434 e. The number of aliphatic hydroxyl groups is 1. The molecule has 0 bridgehead atoms. The van der Waals surface area contributed by atoms with Crippen LogP contribution in [-0.4, -0.2) is 59.5 Å². The first-order chi connectivity index (χ1) is 13.5. The van der Waals surface area contributed by atoms with Crippen molar-refractivity contribution in [2.75, 3.05) is 26.2 Å². The summed E-state index contributed by atoms with van der Waals surface area (Å²) in [5.41, 5.74) is 0.552. The molecule has 3 rings (SSSR count). The number of para-hydroxylation sites is 1. The van der Waals surface area contributed by atoms with Gasteiger partial charge in [-0.1, -0.05) is 42.5 Å². The van der Waals surface area contributed by atoms with Gasteiger partial charge < -0.3 is 19.6 Å². The molecule has 1 saturated heterocycles. The fraction of sp³-hybridized carbons (Fsp3) is 0.300. The van der Waals surface area contributed by atoms with Gasteiger partial charge in [0.2, 0.25) is 0 Å². The van der Waals surface area contributed by atoms with E-state index in [9.17, 15) is 23.5 Å². The van der Waals surface area contributed by atoms with Crippen LogP contribution in [0.25, 0.3) is 0 Å². The smallest absolute Gasteiger partial charge is 0.387 e. The Labute approximate surface area is 160 Å². The zero-order chi connectivity index (χ0) is 20.1. The first kappa shape index (κ1) is 19.8. The normalized spacial score (nSPS) is 15.4. The van der Waals surface area contributed by atoms with Crippen LogP contribution in [0.15, 0.2) is 54.6 Å². The second-order valence-electron chi connectivity index (χ2n) is 6.31. The minimum absolute atomic E-state index is 0.0481.